The third-order valence-corrected chi connectivity index (χ3v) is 16.0. The van der Waals surface area contributed by atoms with E-state index in [-0.39, 0.29) is 37.3 Å². The third-order valence-electron chi connectivity index (χ3n) is 16.0. The molecule has 5 N–H and O–H groups in total. The van der Waals surface area contributed by atoms with Gasteiger partial charge in [0.1, 0.15) is 30.0 Å². The second-order valence-corrected chi connectivity index (χ2v) is 21.8. The Morgan fingerprint density at radius 2 is 1.67 bits per heavy atom. The molecule has 5 rings (SSSR count). The number of ether oxygens (including phenoxy) is 5. The number of cyclic esters (lactones) is 1. The molecule has 3 saturated heterocycles. The molecular formula is C51H86N8O11. The van der Waals surface area contributed by atoms with Crippen molar-refractivity contribution >= 4 is 11.7 Å². The molecule has 0 spiro atoms. The molecular weight excluding hydrogens is 901 g/mol. The number of likely N-dealkylation sites (N-methyl/N-ethyl adjacent to an activating group) is 2. The van der Waals surface area contributed by atoms with Crippen molar-refractivity contribution in [1.82, 2.24) is 24.8 Å². The molecule has 0 amide bonds. The summed E-state index contributed by atoms with van der Waals surface area (Å²) in [5, 5.41) is 72.5. The van der Waals surface area contributed by atoms with Crippen LogP contribution >= 0.6 is 0 Å². The summed E-state index contributed by atoms with van der Waals surface area (Å²) >= 11 is 0. The Kier molecular flexibility index (Phi) is 20.3. The highest BCUT2D eigenvalue weighted by molar-refractivity contribution is 5.73. The number of nitrogens with zero attached hydrogens (tertiary/aromatic N) is 8. The lowest BCUT2D eigenvalue weighted by Crippen LogP contribution is -2.62. The van der Waals surface area contributed by atoms with E-state index in [9.17, 15) is 30.3 Å². The number of methoxy groups -OCH3 is 1. The quantitative estimate of drug-likeness (QED) is 0.0497. The fraction of sp³-hybridized carbons (Fsp3) is 0.824. The molecule has 0 radical (unpaired) electrons. The Hall–Kier alpha value is -3.30. The van der Waals surface area contributed by atoms with Gasteiger partial charge in [-0.05, 0) is 117 Å². The van der Waals surface area contributed by atoms with Crippen LogP contribution in [0.3, 0.4) is 0 Å². The monoisotopic (exact) mass is 987 g/mol. The van der Waals surface area contributed by atoms with E-state index >= 15 is 0 Å². The summed E-state index contributed by atoms with van der Waals surface area (Å²) in [5.74, 6) is -3.11. The van der Waals surface area contributed by atoms with Crippen LogP contribution in [0, 0.1) is 23.7 Å². The molecule has 3 aliphatic rings. The smallest absolute Gasteiger partial charge is 0.309 e. The predicted octanol–water partition coefficient (Wildman–Crippen LogP) is 5.34. The third kappa shape index (κ3) is 13.8. The number of aryl methyl sites for hydroxylation is 2. The van der Waals surface area contributed by atoms with Crippen LogP contribution in [-0.2, 0) is 47.9 Å². The molecule has 19 nitrogen and oxygen atoms in total. The number of carbonyl (C=O) groups is 1. The predicted molar refractivity (Wildman–Crippen MR) is 264 cm³/mol. The molecule has 1 unspecified atom stereocenters. The zero-order valence-corrected chi connectivity index (χ0v) is 44.1. The maximum absolute atomic E-state index is 14.6. The first-order chi connectivity index (χ1) is 32.9. The van der Waals surface area contributed by atoms with Gasteiger partial charge in [-0.15, -0.1) is 5.10 Å². The Labute approximate surface area is 415 Å². The molecule has 19 heteroatoms. The van der Waals surface area contributed by atoms with Crippen molar-refractivity contribution in [3.63, 3.8) is 0 Å². The molecule has 70 heavy (non-hydrogen) atoms. The van der Waals surface area contributed by atoms with Crippen LogP contribution in [0.5, 0.6) is 0 Å². The largest absolute Gasteiger partial charge is 0.459 e. The summed E-state index contributed by atoms with van der Waals surface area (Å²) < 4.78 is 34.0. The maximum atomic E-state index is 14.6. The number of azide groups is 1. The molecule has 0 saturated carbocycles. The Morgan fingerprint density at radius 3 is 2.31 bits per heavy atom. The number of hydrogen-bond acceptors (Lipinski definition) is 16. The normalized spacial score (nSPS) is 39.7. The molecule has 1 aromatic carbocycles. The highest BCUT2D eigenvalue weighted by Gasteiger charge is 2.55. The summed E-state index contributed by atoms with van der Waals surface area (Å²) in [6.45, 7) is 19.7. The van der Waals surface area contributed by atoms with Gasteiger partial charge in [-0.25, -0.2) is 0 Å². The Bertz CT molecular complexity index is 2000. The standard InChI is InChI=1S/C51H86N8O11/c1-14-41-51(10,65)44(61)34(6)58(12)28-30(2)26-49(8,64)46(32(4)42(33(5)47(63)69-41)40-27-50(9,66-13)45(62)35(7)68-40)70-48-43(60)39(25-31(3)67-48)57(11)24-22-38-29-59(56-54-38)23-16-15-17-36-18-20-37(21-19-36)53-55-52/h18-21,29-35,39-46,48,60-62,64-65H,14-17,22-28H2,1-13H3/t30-,31-,32+,33-,34-,35+,39+,40?,41-,42+,43-,44-,45+,46-,48+,49-,50-,51-/m1/s1. The SMILES string of the molecule is CC[C@H]1OC(=O)[C@H](C)[C@@H](C2C[C@@](C)(OC)[C@@H](O)[C@H](C)O2)[C@H](C)[C@@H](O[C@@H]2O[C@H](C)C[C@H](N(C)CCc3cn(CCCCc4ccc(N=[N+]=[N-])cc4)nn3)[C@H]2O)[C@](C)(O)C[C@@H](C)CN(C)[C@H](C)[C@@H](O)[C@]1(C)O. The van der Waals surface area contributed by atoms with Crippen LogP contribution in [0.2, 0.25) is 0 Å². The fourth-order valence-corrected chi connectivity index (χ4v) is 11.6. The van der Waals surface area contributed by atoms with E-state index in [0.29, 0.717) is 31.6 Å². The van der Waals surface area contributed by atoms with Crippen LogP contribution in [-0.4, -0.2) is 175 Å². The topological polar surface area (TPSA) is 250 Å². The van der Waals surface area contributed by atoms with E-state index in [0.717, 1.165) is 31.5 Å². The zero-order chi connectivity index (χ0) is 51.9. The molecule has 3 fully saturated rings. The maximum Gasteiger partial charge on any atom is 0.309 e. The molecule has 1 aromatic heterocycles. The molecule has 0 aliphatic carbocycles. The Balaban J connectivity index is 1.39. The number of benzene rings is 1. The van der Waals surface area contributed by atoms with Gasteiger partial charge in [0.2, 0.25) is 0 Å². The molecule has 3 aliphatic heterocycles. The number of carbonyl (C=O) groups excluding carboxylic acids is 1. The van der Waals surface area contributed by atoms with Crippen LogP contribution in [0.25, 0.3) is 10.4 Å². The van der Waals surface area contributed by atoms with E-state index in [1.807, 2.05) is 88.8 Å². The van der Waals surface area contributed by atoms with Crippen molar-refractivity contribution in [1.29, 1.82) is 0 Å². The first kappa shape index (κ1) is 57.6. The van der Waals surface area contributed by atoms with Crippen LogP contribution in [0.4, 0.5) is 5.69 Å². The zero-order valence-electron chi connectivity index (χ0n) is 44.1. The number of aromatic nitrogens is 3. The molecule has 0 bridgehead atoms. The number of aliphatic hydroxyl groups is 5. The van der Waals surface area contributed by atoms with Gasteiger partial charge < -0.3 is 59.0 Å². The Morgan fingerprint density at radius 1 is 0.986 bits per heavy atom. The van der Waals surface area contributed by atoms with E-state index in [1.165, 1.54) is 19.6 Å². The summed E-state index contributed by atoms with van der Waals surface area (Å²) in [5.41, 5.74) is 6.81. The van der Waals surface area contributed by atoms with Crippen LogP contribution in [0.1, 0.15) is 119 Å². The summed E-state index contributed by atoms with van der Waals surface area (Å²) in [7, 11) is 5.34. The summed E-state index contributed by atoms with van der Waals surface area (Å²) in [6, 6.07) is 6.65. The average molecular weight is 987 g/mol. The summed E-state index contributed by atoms with van der Waals surface area (Å²) in [6.07, 6.45) is -1.94. The van der Waals surface area contributed by atoms with E-state index in [4.69, 9.17) is 29.2 Å². The van der Waals surface area contributed by atoms with Gasteiger partial charge in [0, 0.05) is 74.4 Å². The van der Waals surface area contributed by atoms with Crippen LogP contribution < -0.4 is 0 Å². The number of aliphatic hydroxyl groups excluding tert-OH is 3. The van der Waals surface area contributed by atoms with Crippen molar-refractivity contribution in [3.05, 3.63) is 52.2 Å². The highest BCUT2D eigenvalue weighted by Crippen LogP contribution is 2.45. The van der Waals surface area contributed by atoms with E-state index < -0.39 is 95.6 Å². The van der Waals surface area contributed by atoms with Crippen molar-refractivity contribution in [2.75, 3.05) is 34.3 Å². The van der Waals surface area contributed by atoms with Gasteiger partial charge in [-0.3, -0.25) is 9.48 Å². The molecule has 4 heterocycles. The highest BCUT2D eigenvalue weighted by atomic mass is 16.7. The van der Waals surface area contributed by atoms with E-state index in [2.05, 4.69) is 25.2 Å². The lowest BCUT2D eigenvalue weighted by Gasteiger charge is -2.51. The van der Waals surface area contributed by atoms with E-state index in [1.54, 1.807) is 27.7 Å². The first-order valence-corrected chi connectivity index (χ1v) is 25.5. The summed E-state index contributed by atoms with van der Waals surface area (Å²) in [4.78, 5) is 21.5. The minimum atomic E-state index is -1.81. The van der Waals surface area contributed by atoms with Crippen molar-refractivity contribution in [2.24, 2.45) is 28.8 Å². The molecule has 18 atom stereocenters. The lowest BCUT2D eigenvalue weighted by molar-refractivity contribution is -0.302. The van der Waals surface area contributed by atoms with Crippen molar-refractivity contribution in [2.45, 2.75) is 211 Å². The second-order valence-electron chi connectivity index (χ2n) is 21.8. The van der Waals surface area contributed by atoms with Gasteiger partial charge in [0.25, 0.3) is 0 Å². The number of rotatable bonds is 15. The minimum Gasteiger partial charge on any atom is -0.459 e. The van der Waals surface area contributed by atoms with Crippen molar-refractivity contribution < 1.29 is 54.0 Å². The lowest BCUT2D eigenvalue weighted by atomic mass is 9.68. The molecule has 2 aromatic rings. The van der Waals surface area contributed by atoms with Gasteiger partial charge in [0.15, 0.2) is 6.29 Å². The second kappa shape index (κ2) is 24.6. The average Bonchev–Trinajstić information content (AvgIpc) is 3.77. The first-order valence-electron chi connectivity index (χ1n) is 25.5. The minimum absolute atomic E-state index is 0.167. The number of unbranched alkanes of at least 4 members (excludes halogenated alkanes) is 1. The molecule has 396 valence electrons. The van der Waals surface area contributed by atoms with Gasteiger partial charge in [-0.1, -0.05) is 62.3 Å². The number of esters is 1. The van der Waals surface area contributed by atoms with Crippen LogP contribution in [0.15, 0.2) is 35.6 Å². The van der Waals surface area contributed by atoms with Gasteiger partial charge >= 0.3 is 5.97 Å². The fourth-order valence-electron chi connectivity index (χ4n) is 11.6. The van der Waals surface area contributed by atoms with Gasteiger partial charge in [-0.2, -0.15) is 0 Å². The van der Waals surface area contributed by atoms with Crippen molar-refractivity contribution in [3.8, 4) is 0 Å². The number of hydrogen-bond donors (Lipinski definition) is 5. The van der Waals surface area contributed by atoms with Gasteiger partial charge in [0.05, 0.1) is 47.2 Å².